The van der Waals surface area contributed by atoms with Gasteiger partial charge in [0, 0.05) is 43.3 Å². The molecule has 1 atom stereocenters. The number of nitrogens with zero attached hydrogens (tertiary/aromatic N) is 3. The molecule has 0 saturated carbocycles. The molecule has 2 aromatic rings. The minimum Gasteiger partial charge on any atom is -0.336 e. The van der Waals surface area contributed by atoms with Crippen LogP contribution in [0.3, 0.4) is 0 Å². The standard InChI is InChI=1S/C22H24ClN3O2S/c1-24-10-12-25(13-11-24)21(28)17-4-6-18(7-5-17)22-26(20(27)15-29-22)14-16-2-8-19(23)9-3-16/h2-9,22H,10-15H2,1H3/t22-/m1/s1. The maximum absolute atomic E-state index is 12.8. The number of rotatable bonds is 4. The van der Waals surface area contributed by atoms with E-state index in [4.69, 9.17) is 11.6 Å². The fraction of sp³-hybridized carbons (Fsp3) is 0.364. The summed E-state index contributed by atoms with van der Waals surface area (Å²) >= 11 is 7.59. The maximum atomic E-state index is 12.8. The van der Waals surface area contributed by atoms with Gasteiger partial charge in [-0.2, -0.15) is 0 Å². The van der Waals surface area contributed by atoms with Crippen LogP contribution < -0.4 is 0 Å². The van der Waals surface area contributed by atoms with Gasteiger partial charge in [0.2, 0.25) is 5.91 Å². The van der Waals surface area contributed by atoms with Crippen LogP contribution in [-0.4, -0.2) is 65.5 Å². The van der Waals surface area contributed by atoms with Gasteiger partial charge < -0.3 is 14.7 Å². The summed E-state index contributed by atoms with van der Waals surface area (Å²) in [4.78, 5) is 31.2. The van der Waals surface area contributed by atoms with Crippen molar-refractivity contribution in [3.63, 3.8) is 0 Å². The molecule has 0 spiro atoms. The van der Waals surface area contributed by atoms with Crippen LogP contribution in [0.25, 0.3) is 0 Å². The molecule has 2 saturated heterocycles. The zero-order valence-electron chi connectivity index (χ0n) is 16.4. The fourth-order valence-electron chi connectivity index (χ4n) is 3.67. The number of amides is 2. The molecule has 152 valence electrons. The van der Waals surface area contributed by atoms with Crippen LogP contribution in [-0.2, 0) is 11.3 Å². The lowest BCUT2D eigenvalue weighted by Crippen LogP contribution is -2.47. The van der Waals surface area contributed by atoms with Crippen LogP contribution in [0, 0.1) is 0 Å². The van der Waals surface area contributed by atoms with Gasteiger partial charge in [-0.15, -0.1) is 11.8 Å². The highest BCUT2D eigenvalue weighted by Gasteiger charge is 2.33. The monoisotopic (exact) mass is 429 g/mol. The van der Waals surface area contributed by atoms with Crippen LogP contribution in [0.15, 0.2) is 48.5 Å². The van der Waals surface area contributed by atoms with Crippen molar-refractivity contribution in [2.45, 2.75) is 11.9 Å². The van der Waals surface area contributed by atoms with E-state index in [2.05, 4.69) is 11.9 Å². The predicted molar refractivity (Wildman–Crippen MR) is 117 cm³/mol. The van der Waals surface area contributed by atoms with E-state index in [0.717, 1.165) is 37.3 Å². The van der Waals surface area contributed by atoms with E-state index < -0.39 is 0 Å². The van der Waals surface area contributed by atoms with E-state index in [1.54, 1.807) is 11.8 Å². The highest BCUT2D eigenvalue weighted by Crippen LogP contribution is 2.39. The third-order valence-electron chi connectivity index (χ3n) is 5.47. The number of thioether (sulfide) groups is 1. The molecule has 0 bridgehead atoms. The number of halogens is 1. The predicted octanol–water partition coefficient (Wildman–Crippen LogP) is 3.50. The Morgan fingerprint density at radius 3 is 2.34 bits per heavy atom. The normalized spacial score (nSPS) is 20.3. The van der Waals surface area contributed by atoms with Gasteiger partial charge in [-0.1, -0.05) is 35.9 Å². The van der Waals surface area contributed by atoms with Gasteiger partial charge >= 0.3 is 0 Å². The Kier molecular flexibility index (Phi) is 6.13. The average Bonchev–Trinajstić information content (AvgIpc) is 3.10. The van der Waals surface area contributed by atoms with Crippen molar-refractivity contribution in [3.05, 3.63) is 70.2 Å². The molecule has 29 heavy (non-hydrogen) atoms. The average molecular weight is 430 g/mol. The number of carbonyl (C=O) groups excluding carboxylic acids is 2. The lowest BCUT2D eigenvalue weighted by atomic mass is 10.1. The highest BCUT2D eigenvalue weighted by atomic mass is 35.5. The number of piperazine rings is 1. The summed E-state index contributed by atoms with van der Waals surface area (Å²) < 4.78 is 0. The van der Waals surface area contributed by atoms with E-state index in [1.807, 2.05) is 58.3 Å². The highest BCUT2D eigenvalue weighted by molar-refractivity contribution is 8.00. The lowest BCUT2D eigenvalue weighted by Gasteiger charge is -2.32. The minimum atomic E-state index is -0.0361. The largest absolute Gasteiger partial charge is 0.336 e. The number of carbonyl (C=O) groups is 2. The van der Waals surface area contributed by atoms with Gasteiger partial charge in [0.15, 0.2) is 0 Å². The molecule has 5 nitrogen and oxygen atoms in total. The Morgan fingerprint density at radius 1 is 1.03 bits per heavy atom. The molecular formula is C22H24ClN3O2S. The van der Waals surface area contributed by atoms with Crippen LogP contribution in [0.1, 0.15) is 26.9 Å². The summed E-state index contributed by atoms with van der Waals surface area (Å²) in [6.07, 6.45) is 0. The van der Waals surface area contributed by atoms with Crippen LogP contribution in [0.2, 0.25) is 5.02 Å². The molecule has 2 aromatic carbocycles. The van der Waals surface area contributed by atoms with E-state index in [9.17, 15) is 9.59 Å². The molecule has 0 radical (unpaired) electrons. The summed E-state index contributed by atoms with van der Waals surface area (Å²) in [5, 5.41) is 0.652. The third kappa shape index (κ3) is 4.60. The molecule has 0 aromatic heterocycles. The molecule has 0 unspecified atom stereocenters. The van der Waals surface area contributed by atoms with Gasteiger partial charge in [-0.3, -0.25) is 9.59 Å². The minimum absolute atomic E-state index is 0.0361. The van der Waals surface area contributed by atoms with Gasteiger partial charge in [0.05, 0.1) is 5.75 Å². The van der Waals surface area contributed by atoms with Gasteiger partial charge in [0.1, 0.15) is 5.37 Å². The topological polar surface area (TPSA) is 43.9 Å². The first-order valence-electron chi connectivity index (χ1n) is 9.74. The molecule has 2 fully saturated rings. The Bertz CT molecular complexity index is 880. The molecule has 7 heteroatoms. The molecular weight excluding hydrogens is 406 g/mol. The van der Waals surface area contributed by atoms with Crippen molar-refractivity contribution < 1.29 is 9.59 Å². The van der Waals surface area contributed by atoms with E-state index in [-0.39, 0.29) is 17.2 Å². The van der Waals surface area contributed by atoms with Crippen LogP contribution in [0.5, 0.6) is 0 Å². The SMILES string of the molecule is CN1CCN(C(=O)c2ccc([C@H]3SCC(=O)N3Cc3ccc(Cl)cc3)cc2)CC1. The second-order valence-electron chi connectivity index (χ2n) is 7.53. The van der Waals surface area contributed by atoms with E-state index >= 15 is 0 Å². The first-order chi connectivity index (χ1) is 14.0. The van der Waals surface area contributed by atoms with Crippen molar-refractivity contribution in [1.29, 1.82) is 0 Å². The molecule has 0 aliphatic carbocycles. The van der Waals surface area contributed by atoms with Crippen molar-refractivity contribution in [3.8, 4) is 0 Å². The van der Waals surface area contributed by atoms with Crippen molar-refractivity contribution in [2.75, 3.05) is 39.0 Å². The molecule has 2 aliphatic rings. The first-order valence-corrected chi connectivity index (χ1v) is 11.2. The Labute approximate surface area is 180 Å². The number of hydrogen-bond donors (Lipinski definition) is 0. The second kappa shape index (κ2) is 8.78. The van der Waals surface area contributed by atoms with Gasteiger partial charge in [-0.25, -0.2) is 0 Å². The zero-order chi connectivity index (χ0) is 20.4. The van der Waals surface area contributed by atoms with E-state index in [0.29, 0.717) is 22.9 Å². The fourth-order valence-corrected chi connectivity index (χ4v) is 4.98. The van der Waals surface area contributed by atoms with Crippen molar-refractivity contribution >= 4 is 35.2 Å². The van der Waals surface area contributed by atoms with Crippen molar-refractivity contribution in [2.24, 2.45) is 0 Å². The zero-order valence-corrected chi connectivity index (χ0v) is 18.0. The maximum Gasteiger partial charge on any atom is 0.253 e. The summed E-state index contributed by atoms with van der Waals surface area (Å²) in [5.74, 6) is 0.686. The Morgan fingerprint density at radius 2 is 1.69 bits per heavy atom. The molecule has 2 aliphatic heterocycles. The first kappa shape index (κ1) is 20.3. The summed E-state index contributed by atoms with van der Waals surface area (Å²) in [5.41, 5.74) is 2.80. The summed E-state index contributed by atoms with van der Waals surface area (Å²) in [6.45, 7) is 3.89. The quantitative estimate of drug-likeness (QED) is 0.746. The number of hydrogen-bond acceptors (Lipinski definition) is 4. The molecule has 2 heterocycles. The van der Waals surface area contributed by atoms with Gasteiger partial charge in [-0.05, 0) is 42.4 Å². The molecule has 2 amide bonds. The van der Waals surface area contributed by atoms with Crippen molar-refractivity contribution in [1.82, 2.24) is 14.7 Å². The summed E-state index contributed by atoms with van der Waals surface area (Å²) in [7, 11) is 2.08. The Hall–Kier alpha value is -2.02. The second-order valence-corrected chi connectivity index (χ2v) is 9.03. The number of likely N-dealkylation sites (N-methyl/N-ethyl adjacent to an activating group) is 1. The number of benzene rings is 2. The lowest BCUT2D eigenvalue weighted by molar-refractivity contribution is -0.128. The molecule has 4 rings (SSSR count). The Balaban J connectivity index is 1.46. The van der Waals surface area contributed by atoms with Crippen LogP contribution >= 0.6 is 23.4 Å². The van der Waals surface area contributed by atoms with E-state index in [1.165, 1.54) is 0 Å². The molecule has 0 N–H and O–H groups in total. The van der Waals surface area contributed by atoms with Gasteiger partial charge in [0.25, 0.3) is 5.91 Å². The smallest absolute Gasteiger partial charge is 0.253 e. The summed E-state index contributed by atoms with van der Waals surface area (Å²) in [6, 6.07) is 15.3. The van der Waals surface area contributed by atoms with Crippen LogP contribution in [0.4, 0.5) is 0 Å². The third-order valence-corrected chi connectivity index (χ3v) is 6.98.